The Morgan fingerprint density at radius 2 is 1.90 bits per heavy atom. The molecule has 0 aliphatic heterocycles. The highest BCUT2D eigenvalue weighted by atomic mass is 79.9. The minimum atomic E-state index is -0.0719. The van der Waals surface area contributed by atoms with E-state index in [-0.39, 0.29) is 5.54 Å². The summed E-state index contributed by atoms with van der Waals surface area (Å²) in [6.07, 6.45) is 5.46. The molecule has 1 heterocycles. The van der Waals surface area contributed by atoms with E-state index in [2.05, 4.69) is 48.3 Å². The Morgan fingerprint density at radius 1 is 1.30 bits per heavy atom. The second kappa shape index (κ2) is 6.18. The van der Waals surface area contributed by atoms with Gasteiger partial charge >= 0.3 is 0 Å². The molecule has 0 aromatic carbocycles. The fraction of sp³-hybridized carbons (Fsp3) is 0.812. The van der Waals surface area contributed by atoms with Gasteiger partial charge in [-0.25, -0.2) is 0 Å². The molecule has 2 unspecified atom stereocenters. The number of hydrogen-bond donors (Lipinski definition) is 1. The quantitative estimate of drug-likeness (QED) is 0.901. The molecule has 0 radical (unpaired) electrons. The van der Waals surface area contributed by atoms with Crippen LogP contribution in [-0.4, -0.2) is 15.3 Å². The average molecular weight is 342 g/mol. The number of aryl methyl sites for hydroxylation is 2. The number of halogens is 1. The lowest BCUT2D eigenvalue weighted by atomic mass is 9.70. The standard InChI is InChI=1S/C16H28BrN3/c1-5-13-15(17)14(20(6-2)19-13)10-16(18)8-11(3)7-12(4)9-16/h11-12H,5-10,18H2,1-4H3. The van der Waals surface area contributed by atoms with Gasteiger partial charge in [0.05, 0.1) is 15.9 Å². The van der Waals surface area contributed by atoms with Gasteiger partial charge in [-0.3, -0.25) is 4.68 Å². The second-order valence-electron chi connectivity index (χ2n) is 6.77. The second-order valence-corrected chi connectivity index (χ2v) is 7.56. The Kier molecular flexibility index (Phi) is 4.96. The molecule has 2 N–H and O–H groups in total. The fourth-order valence-electron chi connectivity index (χ4n) is 3.99. The molecule has 114 valence electrons. The minimum absolute atomic E-state index is 0.0719. The topological polar surface area (TPSA) is 43.8 Å². The van der Waals surface area contributed by atoms with Crippen LogP contribution in [0.1, 0.15) is 58.3 Å². The van der Waals surface area contributed by atoms with Crippen LogP contribution >= 0.6 is 15.9 Å². The number of aromatic nitrogens is 2. The van der Waals surface area contributed by atoms with Crippen molar-refractivity contribution in [3.63, 3.8) is 0 Å². The molecule has 4 heteroatoms. The van der Waals surface area contributed by atoms with Crippen LogP contribution in [0.5, 0.6) is 0 Å². The molecule has 20 heavy (non-hydrogen) atoms. The predicted molar refractivity (Wildman–Crippen MR) is 87.8 cm³/mol. The van der Waals surface area contributed by atoms with Crippen molar-refractivity contribution in [1.29, 1.82) is 0 Å². The van der Waals surface area contributed by atoms with Crippen LogP contribution < -0.4 is 5.73 Å². The monoisotopic (exact) mass is 341 g/mol. The molecule has 0 bridgehead atoms. The molecule has 2 rings (SSSR count). The molecule has 1 aliphatic carbocycles. The van der Waals surface area contributed by atoms with Crippen LogP contribution in [-0.2, 0) is 19.4 Å². The van der Waals surface area contributed by atoms with E-state index in [0.717, 1.165) is 49.8 Å². The smallest absolute Gasteiger partial charge is 0.0766 e. The Morgan fingerprint density at radius 3 is 2.40 bits per heavy atom. The first kappa shape index (κ1) is 16.0. The molecule has 0 saturated heterocycles. The highest BCUT2D eigenvalue weighted by Gasteiger charge is 2.36. The van der Waals surface area contributed by atoms with Gasteiger partial charge in [-0.1, -0.05) is 20.8 Å². The summed E-state index contributed by atoms with van der Waals surface area (Å²) in [5.41, 5.74) is 9.12. The van der Waals surface area contributed by atoms with Gasteiger partial charge in [-0.2, -0.15) is 5.10 Å². The SMILES string of the molecule is CCc1nn(CC)c(CC2(N)CC(C)CC(C)C2)c1Br. The van der Waals surface area contributed by atoms with Crippen molar-refractivity contribution in [1.82, 2.24) is 9.78 Å². The molecule has 1 aromatic heterocycles. The number of nitrogens with two attached hydrogens (primary N) is 1. The van der Waals surface area contributed by atoms with Crippen LogP contribution in [0.15, 0.2) is 4.47 Å². The number of hydrogen-bond acceptors (Lipinski definition) is 2. The molecule has 1 saturated carbocycles. The summed E-state index contributed by atoms with van der Waals surface area (Å²) in [5, 5.41) is 4.70. The summed E-state index contributed by atoms with van der Waals surface area (Å²) >= 11 is 3.75. The van der Waals surface area contributed by atoms with Crippen molar-refractivity contribution in [2.24, 2.45) is 17.6 Å². The van der Waals surface area contributed by atoms with E-state index in [9.17, 15) is 0 Å². The number of nitrogens with zero attached hydrogens (tertiary/aromatic N) is 2. The fourth-order valence-corrected chi connectivity index (χ4v) is 4.69. The van der Waals surface area contributed by atoms with E-state index in [4.69, 9.17) is 10.8 Å². The van der Waals surface area contributed by atoms with Crippen molar-refractivity contribution in [3.8, 4) is 0 Å². The third kappa shape index (κ3) is 3.28. The Labute approximate surface area is 131 Å². The van der Waals surface area contributed by atoms with Crippen molar-refractivity contribution >= 4 is 15.9 Å². The highest BCUT2D eigenvalue weighted by molar-refractivity contribution is 9.10. The van der Waals surface area contributed by atoms with Crippen molar-refractivity contribution in [2.45, 2.75) is 71.9 Å². The minimum Gasteiger partial charge on any atom is -0.325 e. The van der Waals surface area contributed by atoms with Crippen LogP contribution in [0.2, 0.25) is 0 Å². The summed E-state index contributed by atoms with van der Waals surface area (Å²) in [4.78, 5) is 0. The van der Waals surface area contributed by atoms with Crippen molar-refractivity contribution in [3.05, 3.63) is 15.9 Å². The van der Waals surface area contributed by atoms with E-state index in [0.29, 0.717) is 0 Å². The van der Waals surface area contributed by atoms with E-state index < -0.39 is 0 Å². The lowest BCUT2D eigenvalue weighted by Gasteiger charge is -2.40. The van der Waals surface area contributed by atoms with Gasteiger partial charge in [0.15, 0.2) is 0 Å². The lowest BCUT2D eigenvalue weighted by molar-refractivity contribution is 0.179. The maximum absolute atomic E-state index is 6.75. The third-order valence-corrected chi connectivity index (χ3v) is 5.44. The van der Waals surface area contributed by atoms with Gasteiger partial charge in [-0.05, 0) is 60.4 Å². The molecular weight excluding hydrogens is 314 g/mol. The molecule has 2 atom stereocenters. The summed E-state index contributed by atoms with van der Waals surface area (Å²) in [7, 11) is 0. The van der Waals surface area contributed by atoms with Gasteiger partial charge in [0, 0.05) is 18.5 Å². The molecule has 1 aliphatic rings. The van der Waals surface area contributed by atoms with Crippen LogP contribution in [0.4, 0.5) is 0 Å². The normalized spacial score (nSPS) is 30.7. The van der Waals surface area contributed by atoms with Crippen LogP contribution in [0.3, 0.4) is 0 Å². The molecule has 0 amide bonds. The largest absolute Gasteiger partial charge is 0.325 e. The molecule has 0 spiro atoms. The summed E-state index contributed by atoms with van der Waals surface area (Å²) in [6.45, 7) is 9.88. The van der Waals surface area contributed by atoms with Crippen molar-refractivity contribution in [2.75, 3.05) is 0 Å². The molecule has 3 nitrogen and oxygen atoms in total. The van der Waals surface area contributed by atoms with E-state index in [1.165, 1.54) is 16.6 Å². The average Bonchev–Trinajstić information content (AvgIpc) is 2.64. The van der Waals surface area contributed by atoms with Gasteiger partial charge in [0.2, 0.25) is 0 Å². The first-order chi connectivity index (χ1) is 9.38. The zero-order chi connectivity index (χ0) is 14.9. The third-order valence-electron chi connectivity index (χ3n) is 4.53. The van der Waals surface area contributed by atoms with Gasteiger partial charge in [0.25, 0.3) is 0 Å². The lowest BCUT2D eigenvalue weighted by Crippen LogP contribution is -2.48. The van der Waals surface area contributed by atoms with Gasteiger partial charge in [0.1, 0.15) is 0 Å². The summed E-state index contributed by atoms with van der Waals surface area (Å²) < 4.78 is 3.30. The zero-order valence-corrected chi connectivity index (χ0v) is 14.8. The number of rotatable bonds is 4. The molecular formula is C16H28BrN3. The van der Waals surface area contributed by atoms with Gasteiger partial charge < -0.3 is 5.73 Å². The predicted octanol–water partition coefficient (Wildman–Crippen LogP) is 3.92. The Hall–Kier alpha value is -0.350. The molecule has 1 aromatic rings. The van der Waals surface area contributed by atoms with Crippen LogP contribution in [0.25, 0.3) is 0 Å². The maximum Gasteiger partial charge on any atom is 0.0766 e. The highest BCUT2D eigenvalue weighted by Crippen LogP contribution is 2.38. The van der Waals surface area contributed by atoms with E-state index >= 15 is 0 Å². The first-order valence-corrected chi connectivity index (χ1v) is 8.70. The summed E-state index contributed by atoms with van der Waals surface area (Å²) in [5.74, 6) is 1.46. The van der Waals surface area contributed by atoms with Crippen molar-refractivity contribution < 1.29 is 0 Å². The molecule has 1 fully saturated rings. The first-order valence-electron chi connectivity index (χ1n) is 7.91. The summed E-state index contributed by atoms with van der Waals surface area (Å²) in [6, 6.07) is 0. The van der Waals surface area contributed by atoms with Gasteiger partial charge in [-0.15, -0.1) is 0 Å². The van der Waals surface area contributed by atoms with E-state index in [1.807, 2.05) is 0 Å². The van der Waals surface area contributed by atoms with E-state index in [1.54, 1.807) is 0 Å². The zero-order valence-electron chi connectivity index (χ0n) is 13.2. The maximum atomic E-state index is 6.75. The Bertz CT molecular complexity index is 457. The Balaban J connectivity index is 2.26. The van der Waals surface area contributed by atoms with Crippen LogP contribution in [0, 0.1) is 11.8 Å².